The van der Waals surface area contributed by atoms with Crippen LogP contribution < -0.4 is 5.32 Å². The zero-order chi connectivity index (χ0) is 20.6. The third-order valence-electron chi connectivity index (χ3n) is 4.78. The van der Waals surface area contributed by atoms with Gasteiger partial charge >= 0.3 is 5.97 Å². The molecule has 0 aromatic heterocycles. The van der Waals surface area contributed by atoms with Crippen molar-refractivity contribution in [3.63, 3.8) is 0 Å². The number of esters is 1. The fourth-order valence-corrected chi connectivity index (χ4v) is 3.43. The molecule has 0 saturated carbocycles. The van der Waals surface area contributed by atoms with Crippen LogP contribution in [0.25, 0.3) is 0 Å². The van der Waals surface area contributed by atoms with Crippen molar-refractivity contribution in [1.82, 2.24) is 5.32 Å². The first-order valence-corrected chi connectivity index (χ1v) is 11.6. The summed E-state index contributed by atoms with van der Waals surface area (Å²) in [5.41, 5.74) is 0.513. The third kappa shape index (κ3) is 11.5. The Morgan fingerprint density at radius 1 is 0.964 bits per heavy atom. The molecular formula is C23H36BrNO3. The lowest BCUT2D eigenvalue weighted by Crippen LogP contribution is -2.39. The van der Waals surface area contributed by atoms with Crippen LogP contribution in [0.5, 0.6) is 0 Å². The second kappa shape index (κ2) is 15.5. The number of nitrogens with one attached hydrogen (secondary N) is 1. The number of rotatable bonds is 15. The molecule has 1 atom stereocenters. The van der Waals surface area contributed by atoms with Gasteiger partial charge in [-0.3, -0.25) is 4.79 Å². The quantitative estimate of drug-likeness (QED) is 0.246. The number of unbranched alkanes of at least 4 members (excludes halogenated alkanes) is 10. The Morgan fingerprint density at radius 2 is 1.54 bits per heavy atom. The Kier molecular flexibility index (Phi) is 13.7. The van der Waals surface area contributed by atoms with Crippen molar-refractivity contribution in [3.05, 3.63) is 34.3 Å². The highest BCUT2D eigenvalue weighted by Gasteiger charge is 2.17. The molecule has 0 heterocycles. The molecule has 0 fully saturated rings. The molecule has 0 aliphatic carbocycles. The van der Waals surface area contributed by atoms with Gasteiger partial charge in [-0.05, 0) is 31.5 Å². The van der Waals surface area contributed by atoms with Gasteiger partial charge < -0.3 is 10.1 Å². The van der Waals surface area contributed by atoms with Crippen LogP contribution in [0.4, 0.5) is 0 Å². The highest BCUT2D eigenvalue weighted by Crippen LogP contribution is 2.12. The summed E-state index contributed by atoms with van der Waals surface area (Å²) in [6.07, 6.45) is 13.9. The molecule has 5 heteroatoms. The van der Waals surface area contributed by atoms with Crippen molar-refractivity contribution in [2.75, 3.05) is 6.61 Å². The van der Waals surface area contributed by atoms with Gasteiger partial charge in [-0.15, -0.1) is 0 Å². The van der Waals surface area contributed by atoms with Gasteiger partial charge in [0.25, 0.3) is 5.91 Å². The van der Waals surface area contributed by atoms with Gasteiger partial charge in [0.2, 0.25) is 0 Å². The third-order valence-corrected chi connectivity index (χ3v) is 5.27. The number of carbonyl (C=O) groups is 2. The Labute approximate surface area is 178 Å². The number of carbonyl (C=O) groups excluding carboxylic acids is 2. The van der Waals surface area contributed by atoms with Gasteiger partial charge in [-0.2, -0.15) is 0 Å². The zero-order valence-corrected chi connectivity index (χ0v) is 19.1. The van der Waals surface area contributed by atoms with E-state index in [1.807, 2.05) is 6.07 Å². The van der Waals surface area contributed by atoms with E-state index in [1.165, 1.54) is 57.8 Å². The normalized spacial score (nSPS) is 11.8. The molecule has 0 bridgehead atoms. The summed E-state index contributed by atoms with van der Waals surface area (Å²) in [4.78, 5) is 24.2. The van der Waals surface area contributed by atoms with E-state index >= 15 is 0 Å². The van der Waals surface area contributed by atoms with E-state index in [9.17, 15) is 9.59 Å². The van der Waals surface area contributed by atoms with Gasteiger partial charge in [0.1, 0.15) is 6.04 Å². The summed E-state index contributed by atoms with van der Waals surface area (Å²) in [6, 6.07) is 6.41. The number of hydrogen-bond acceptors (Lipinski definition) is 3. The largest absolute Gasteiger partial charge is 0.464 e. The number of ether oxygens (including phenoxy) is 1. The summed E-state index contributed by atoms with van der Waals surface area (Å²) in [5.74, 6) is -0.657. The summed E-state index contributed by atoms with van der Waals surface area (Å²) in [5, 5.41) is 2.68. The molecule has 0 radical (unpaired) electrons. The Balaban J connectivity index is 2.03. The van der Waals surface area contributed by atoms with E-state index in [1.54, 1.807) is 25.1 Å². The summed E-state index contributed by atoms with van der Waals surface area (Å²) < 4.78 is 6.11. The molecule has 0 aliphatic heterocycles. The minimum absolute atomic E-state index is 0.277. The molecule has 0 aliphatic rings. The number of halogens is 1. The number of benzene rings is 1. The predicted octanol–water partition coefficient (Wildman–Crippen LogP) is 6.42. The molecule has 1 aromatic rings. The topological polar surface area (TPSA) is 55.4 Å². The van der Waals surface area contributed by atoms with Gasteiger partial charge in [-0.25, -0.2) is 4.79 Å². The first-order valence-electron chi connectivity index (χ1n) is 10.8. The maximum atomic E-state index is 12.1. The van der Waals surface area contributed by atoms with Crippen molar-refractivity contribution in [2.45, 2.75) is 90.5 Å². The van der Waals surface area contributed by atoms with Crippen molar-refractivity contribution in [2.24, 2.45) is 0 Å². The summed E-state index contributed by atoms with van der Waals surface area (Å²) in [6.45, 7) is 4.32. The van der Waals surface area contributed by atoms with Crippen LogP contribution in [0, 0.1) is 0 Å². The van der Waals surface area contributed by atoms with E-state index in [0.717, 1.165) is 17.3 Å². The van der Waals surface area contributed by atoms with Gasteiger partial charge in [-0.1, -0.05) is 93.1 Å². The van der Waals surface area contributed by atoms with E-state index in [2.05, 4.69) is 28.2 Å². The molecule has 158 valence electrons. The molecule has 1 aromatic carbocycles. The molecule has 0 spiro atoms. The van der Waals surface area contributed by atoms with Crippen LogP contribution in [-0.4, -0.2) is 24.5 Å². The van der Waals surface area contributed by atoms with Crippen LogP contribution in [0.1, 0.15) is 94.8 Å². The van der Waals surface area contributed by atoms with Crippen LogP contribution >= 0.6 is 15.9 Å². The van der Waals surface area contributed by atoms with Crippen LogP contribution in [-0.2, 0) is 9.53 Å². The fraction of sp³-hybridized carbons (Fsp3) is 0.652. The van der Waals surface area contributed by atoms with E-state index in [0.29, 0.717) is 12.2 Å². The molecule has 0 saturated heterocycles. The van der Waals surface area contributed by atoms with Crippen molar-refractivity contribution < 1.29 is 14.3 Å². The average molecular weight is 454 g/mol. The highest BCUT2D eigenvalue weighted by molar-refractivity contribution is 9.10. The molecule has 1 N–H and O–H groups in total. The first kappa shape index (κ1) is 24.7. The van der Waals surface area contributed by atoms with Crippen molar-refractivity contribution in [3.8, 4) is 0 Å². The van der Waals surface area contributed by atoms with Crippen molar-refractivity contribution >= 4 is 27.8 Å². The molecule has 1 amide bonds. The molecule has 4 nitrogen and oxygen atoms in total. The first-order chi connectivity index (χ1) is 13.5. The smallest absolute Gasteiger partial charge is 0.328 e. The number of amides is 1. The lowest BCUT2D eigenvalue weighted by Gasteiger charge is -2.13. The molecule has 1 rings (SSSR count). The SMILES string of the molecule is CCCCCCCCCCCCCOC(=O)C(C)NC(=O)c1cccc(Br)c1. The van der Waals surface area contributed by atoms with Crippen LogP contribution in [0.3, 0.4) is 0 Å². The van der Waals surface area contributed by atoms with E-state index < -0.39 is 6.04 Å². The Morgan fingerprint density at radius 3 is 2.11 bits per heavy atom. The maximum Gasteiger partial charge on any atom is 0.328 e. The highest BCUT2D eigenvalue weighted by atomic mass is 79.9. The van der Waals surface area contributed by atoms with Crippen LogP contribution in [0.15, 0.2) is 28.7 Å². The lowest BCUT2D eigenvalue weighted by molar-refractivity contribution is -0.145. The fourth-order valence-electron chi connectivity index (χ4n) is 3.03. The van der Waals surface area contributed by atoms with E-state index in [4.69, 9.17) is 4.74 Å². The van der Waals surface area contributed by atoms with Gasteiger partial charge in [0, 0.05) is 10.0 Å². The minimum Gasteiger partial charge on any atom is -0.464 e. The maximum absolute atomic E-state index is 12.1. The standard InChI is InChI=1S/C23H36BrNO3/c1-3-4-5-6-7-8-9-10-11-12-13-17-28-23(27)19(2)25-22(26)20-15-14-16-21(24)18-20/h14-16,18-19H,3-13,17H2,1-2H3,(H,25,26). The van der Waals surface area contributed by atoms with Crippen molar-refractivity contribution in [1.29, 1.82) is 0 Å². The minimum atomic E-state index is -0.654. The predicted molar refractivity (Wildman–Crippen MR) is 118 cm³/mol. The average Bonchev–Trinajstić information content (AvgIpc) is 2.68. The Bertz CT molecular complexity index is 577. The van der Waals surface area contributed by atoms with Crippen LogP contribution in [0.2, 0.25) is 0 Å². The molecular weight excluding hydrogens is 418 g/mol. The van der Waals surface area contributed by atoms with E-state index in [-0.39, 0.29) is 11.9 Å². The van der Waals surface area contributed by atoms with Gasteiger partial charge in [0.15, 0.2) is 0 Å². The second-order valence-corrected chi connectivity index (χ2v) is 8.32. The van der Waals surface area contributed by atoms with Gasteiger partial charge in [0.05, 0.1) is 6.61 Å². The second-order valence-electron chi connectivity index (χ2n) is 7.41. The Hall–Kier alpha value is -1.36. The summed E-state index contributed by atoms with van der Waals surface area (Å²) in [7, 11) is 0. The zero-order valence-electron chi connectivity index (χ0n) is 17.5. The molecule has 28 heavy (non-hydrogen) atoms. The monoisotopic (exact) mass is 453 g/mol. The lowest BCUT2D eigenvalue weighted by atomic mass is 10.1. The number of hydrogen-bond donors (Lipinski definition) is 1. The molecule has 1 unspecified atom stereocenters. The summed E-state index contributed by atoms with van der Waals surface area (Å²) >= 11 is 3.34.